The minimum atomic E-state index is -0.508. The van der Waals surface area contributed by atoms with Crippen LogP contribution in [0.1, 0.15) is 39.7 Å². The van der Waals surface area contributed by atoms with Gasteiger partial charge in [0.25, 0.3) is 0 Å². The van der Waals surface area contributed by atoms with Crippen LogP contribution in [-0.4, -0.2) is 24.3 Å². The molecule has 2 rings (SSSR count). The molecule has 0 spiro atoms. The van der Waals surface area contributed by atoms with Crippen LogP contribution in [0.2, 0.25) is 0 Å². The predicted octanol–water partition coefficient (Wildman–Crippen LogP) is 4.38. The molecule has 4 N–H and O–H groups in total. The van der Waals surface area contributed by atoms with Crippen LogP contribution in [0.3, 0.4) is 0 Å². The normalized spacial score (nSPS) is 10.8. The molecule has 0 radical (unpaired) electrons. The molecule has 0 fully saturated rings. The maximum Gasteiger partial charge on any atom is 0.243 e. The van der Waals surface area contributed by atoms with Gasteiger partial charge in [0.15, 0.2) is 0 Å². The van der Waals surface area contributed by atoms with E-state index in [1.807, 2.05) is 45.9 Å². The second-order valence-corrected chi connectivity index (χ2v) is 8.07. The number of benzene rings is 2. The highest BCUT2D eigenvalue weighted by Gasteiger charge is 2.21. The molecule has 160 valence electrons. The van der Waals surface area contributed by atoms with Crippen LogP contribution in [-0.2, 0) is 14.4 Å². The molecule has 7 heteroatoms. The van der Waals surface area contributed by atoms with Gasteiger partial charge in [-0.15, -0.1) is 0 Å². The quantitative estimate of drug-likeness (QED) is 0.544. The lowest BCUT2D eigenvalue weighted by atomic mass is 9.95. The van der Waals surface area contributed by atoms with E-state index >= 15 is 0 Å². The van der Waals surface area contributed by atoms with Crippen molar-refractivity contribution in [1.82, 2.24) is 0 Å². The molecule has 7 nitrogen and oxygen atoms in total. The summed E-state index contributed by atoms with van der Waals surface area (Å²) in [5.41, 5.74) is 3.05. The first-order valence-electron chi connectivity index (χ1n) is 9.95. The molecule has 0 unspecified atom stereocenters. The predicted molar refractivity (Wildman–Crippen MR) is 122 cm³/mol. The number of amides is 3. The van der Waals surface area contributed by atoms with Gasteiger partial charge >= 0.3 is 0 Å². The molecular weight excluding hydrogens is 380 g/mol. The molecule has 0 aliphatic carbocycles. The number of anilines is 4. The van der Waals surface area contributed by atoms with Gasteiger partial charge in [0.2, 0.25) is 17.7 Å². The lowest BCUT2D eigenvalue weighted by molar-refractivity contribution is -0.123. The van der Waals surface area contributed by atoms with Crippen molar-refractivity contribution in [3.63, 3.8) is 0 Å². The molecular formula is C23H30N4O3. The topological polar surface area (TPSA) is 99.3 Å². The van der Waals surface area contributed by atoms with Gasteiger partial charge < -0.3 is 21.3 Å². The number of carbonyl (C=O) groups excluding carboxylic acids is 3. The highest BCUT2D eigenvalue weighted by Crippen LogP contribution is 2.24. The SMILES string of the molecule is CCC(=O)Nc1cccc(NCC(=O)Nc2cccc(NC(=O)C(C)(C)C)c2)c1C. The average molecular weight is 411 g/mol. The van der Waals surface area contributed by atoms with E-state index in [1.165, 1.54) is 0 Å². The second kappa shape index (κ2) is 9.91. The van der Waals surface area contributed by atoms with Gasteiger partial charge in [0, 0.05) is 34.6 Å². The first kappa shape index (κ1) is 22.9. The Bertz CT molecular complexity index is 932. The van der Waals surface area contributed by atoms with Gasteiger partial charge in [-0.05, 0) is 42.8 Å². The largest absolute Gasteiger partial charge is 0.376 e. The van der Waals surface area contributed by atoms with Gasteiger partial charge in [-0.25, -0.2) is 0 Å². The molecule has 0 saturated carbocycles. The molecule has 0 atom stereocenters. The molecule has 2 aromatic rings. The van der Waals surface area contributed by atoms with Crippen LogP contribution in [0.5, 0.6) is 0 Å². The number of nitrogens with one attached hydrogen (secondary N) is 4. The van der Waals surface area contributed by atoms with Crippen molar-refractivity contribution >= 4 is 40.5 Å². The third kappa shape index (κ3) is 6.62. The summed E-state index contributed by atoms with van der Waals surface area (Å²) in [6, 6.07) is 12.5. The molecule has 0 saturated heterocycles. The Kier molecular flexibility index (Phi) is 7.58. The summed E-state index contributed by atoms with van der Waals surface area (Å²) in [6.07, 6.45) is 0.398. The molecule has 0 heterocycles. The smallest absolute Gasteiger partial charge is 0.243 e. The van der Waals surface area contributed by atoms with Gasteiger partial charge in [0.05, 0.1) is 6.54 Å². The van der Waals surface area contributed by atoms with Gasteiger partial charge in [-0.3, -0.25) is 14.4 Å². The number of rotatable bonds is 7. The van der Waals surface area contributed by atoms with E-state index in [0.29, 0.717) is 17.8 Å². The number of hydrogen-bond donors (Lipinski definition) is 4. The van der Waals surface area contributed by atoms with Gasteiger partial charge in [-0.2, -0.15) is 0 Å². The molecule has 30 heavy (non-hydrogen) atoms. The number of carbonyl (C=O) groups is 3. The summed E-state index contributed by atoms with van der Waals surface area (Å²) >= 11 is 0. The minimum absolute atomic E-state index is 0.0601. The Labute approximate surface area is 177 Å². The highest BCUT2D eigenvalue weighted by atomic mass is 16.2. The fourth-order valence-electron chi connectivity index (χ4n) is 2.58. The van der Waals surface area contributed by atoms with Crippen molar-refractivity contribution in [3.8, 4) is 0 Å². The van der Waals surface area contributed by atoms with Crippen LogP contribution < -0.4 is 21.3 Å². The average Bonchev–Trinajstić information content (AvgIpc) is 2.68. The van der Waals surface area contributed by atoms with Crippen LogP contribution >= 0.6 is 0 Å². The number of hydrogen-bond acceptors (Lipinski definition) is 4. The van der Waals surface area contributed by atoms with E-state index < -0.39 is 5.41 Å². The molecule has 3 amide bonds. The fourth-order valence-corrected chi connectivity index (χ4v) is 2.58. The van der Waals surface area contributed by atoms with E-state index in [1.54, 1.807) is 31.2 Å². The maximum atomic E-state index is 12.4. The molecule has 0 aromatic heterocycles. The van der Waals surface area contributed by atoms with Crippen LogP contribution in [0, 0.1) is 12.3 Å². The lowest BCUT2D eigenvalue weighted by Gasteiger charge is -2.18. The minimum Gasteiger partial charge on any atom is -0.376 e. The van der Waals surface area contributed by atoms with Crippen LogP contribution in [0.4, 0.5) is 22.7 Å². The summed E-state index contributed by atoms with van der Waals surface area (Å²) in [5, 5.41) is 11.6. The van der Waals surface area contributed by atoms with Crippen molar-refractivity contribution in [1.29, 1.82) is 0 Å². The first-order valence-corrected chi connectivity index (χ1v) is 9.95. The van der Waals surface area contributed by atoms with E-state index in [2.05, 4.69) is 21.3 Å². The molecule has 0 aliphatic rings. The standard InChI is InChI=1S/C23H30N4O3/c1-6-20(28)27-19-12-8-11-18(15(19)2)24-14-21(29)25-16-9-7-10-17(13-16)26-22(30)23(3,4)5/h7-13,24H,6,14H2,1-5H3,(H,25,29)(H,26,30)(H,27,28). The van der Waals surface area contributed by atoms with Crippen molar-refractivity contribution in [3.05, 3.63) is 48.0 Å². The molecule has 0 bridgehead atoms. The third-order valence-electron chi connectivity index (χ3n) is 4.45. The fraction of sp³-hybridized carbons (Fsp3) is 0.348. The summed E-state index contributed by atoms with van der Waals surface area (Å²) in [4.78, 5) is 36.1. The van der Waals surface area contributed by atoms with E-state index in [4.69, 9.17) is 0 Å². The van der Waals surface area contributed by atoms with Crippen molar-refractivity contribution < 1.29 is 14.4 Å². The summed E-state index contributed by atoms with van der Waals surface area (Å²) in [5.74, 6) is -0.388. The monoisotopic (exact) mass is 410 g/mol. The summed E-state index contributed by atoms with van der Waals surface area (Å²) in [7, 11) is 0. The summed E-state index contributed by atoms with van der Waals surface area (Å²) in [6.45, 7) is 9.25. The van der Waals surface area contributed by atoms with Gasteiger partial charge in [-0.1, -0.05) is 39.8 Å². The van der Waals surface area contributed by atoms with Crippen LogP contribution in [0.15, 0.2) is 42.5 Å². The Morgan fingerprint density at radius 3 is 2.07 bits per heavy atom. The summed E-state index contributed by atoms with van der Waals surface area (Å²) < 4.78 is 0. The third-order valence-corrected chi connectivity index (χ3v) is 4.45. The van der Waals surface area contributed by atoms with Crippen molar-refractivity contribution in [2.75, 3.05) is 27.8 Å². The van der Waals surface area contributed by atoms with Crippen molar-refractivity contribution in [2.24, 2.45) is 5.41 Å². The zero-order valence-electron chi connectivity index (χ0n) is 18.2. The Morgan fingerprint density at radius 1 is 0.833 bits per heavy atom. The maximum absolute atomic E-state index is 12.4. The van der Waals surface area contributed by atoms with E-state index in [9.17, 15) is 14.4 Å². The Hall–Kier alpha value is -3.35. The highest BCUT2D eigenvalue weighted by molar-refractivity contribution is 5.97. The van der Waals surface area contributed by atoms with Crippen molar-refractivity contribution in [2.45, 2.75) is 41.0 Å². The lowest BCUT2D eigenvalue weighted by Crippen LogP contribution is -2.27. The van der Waals surface area contributed by atoms with E-state index in [0.717, 1.165) is 16.9 Å². The zero-order chi connectivity index (χ0) is 22.3. The van der Waals surface area contributed by atoms with E-state index in [-0.39, 0.29) is 24.3 Å². The zero-order valence-corrected chi connectivity index (χ0v) is 18.2. The molecule has 0 aliphatic heterocycles. The molecule has 2 aromatic carbocycles. The van der Waals surface area contributed by atoms with Crippen LogP contribution in [0.25, 0.3) is 0 Å². The Balaban J connectivity index is 1.97. The van der Waals surface area contributed by atoms with Gasteiger partial charge in [0.1, 0.15) is 0 Å². The Morgan fingerprint density at radius 2 is 1.43 bits per heavy atom. The first-order chi connectivity index (χ1) is 14.1. The second-order valence-electron chi connectivity index (χ2n) is 8.07.